The maximum Gasteiger partial charge on any atom is 0.410 e. The molecule has 0 radical (unpaired) electrons. The minimum Gasteiger partial charge on any atom is -0.444 e. The highest BCUT2D eigenvalue weighted by atomic mass is 35.5. The standard InChI is InChI=1S/C16H22ClFN2O2/c1-16(2,3)22-15(21)20-8-4-5-13(20)14(19)10-6-7-11(17)12(18)9-10/h6-7,9,13-14H,4-5,8,19H2,1-3H3. The zero-order valence-electron chi connectivity index (χ0n) is 13.1. The number of rotatable bonds is 2. The number of likely N-dealkylation sites (tertiary alicyclic amines) is 1. The van der Waals surface area contributed by atoms with E-state index < -0.39 is 17.5 Å². The van der Waals surface area contributed by atoms with Crippen molar-refractivity contribution in [1.82, 2.24) is 4.90 Å². The molecule has 0 saturated carbocycles. The van der Waals surface area contributed by atoms with Crippen LogP contribution in [-0.2, 0) is 4.74 Å². The van der Waals surface area contributed by atoms with Crippen molar-refractivity contribution in [3.8, 4) is 0 Å². The number of amides is 1. The monoisotopic (exact) mass is 328 g/mol. The van der Waals surface area contributed by atoms with E-state index in [4.69, 9.17) is 22.1 Å². The largest absolute Gasteiger partial charge is 0.444 e. The molecular weight excluding hydrogens is 307 g/mol. The summed E-state index contributed by atoms with van der Waals surface area (Å²) in [5, 5.41) is 0.0615. The van der Waals surface area contributed by atoms with Gasteiger partial charge in [0.2, 0.25) is 0 Å². The highest BCUT2D eigenvalue weighted by Gasteiger charge is 2.36. The van der Waals surface area contributed by atoms with E-state index in [1.54, 1.807) is 11.0 Å². The topological polar surface area (TPSA) is 55.6 Å². The van der Waals surface area contributed by atoms with E-state index in [-0.39, 0.29) is 17.2 Å². The Hall–Kier alpha value is -1.33. The van der Waals surface area contributed by atoms with Crippen LogP contribution in [0.25, 0.3) is 0 Å². The summed E-state index contributed by atoms with van der Waals surface area (Å²) in [6, 6.07) is 3.84. The number of nitrogens with two attached hydrogens (primary N) is 1. The molecule has 0 bridgehead atoms. The molecule has 4 nitrogen and oxygen atoms in total. The van der Waals surface area contributed by atoms with E-state index in [9.17, 15) is 9.18 Å². The highest BCUT2D eigenvalue weighted by molar-refractivity contribution is 6.30. The molecule has 1 saturated heterocycles. The summed E-state index contributed by atoms with van der Waals surface area (Å²) in [4.78, 5) is 13.9. The third-order valence-corrected chi connectivity index (χ3v) is 3.98. The predicted octanol–water partition coefficient (Wildman–Crippen LogP) is 3.88. The van der Waals surface area contributed by atoms with Crippen LogP contribution in [0.1, 0.15) is 45.2 Å². The van der Waals surface area contributed by atoms with E-state index in [1.807, 2.05) is 20.8 Å². The molecule has 2 rings (SSSR count). The number of hydrogen-bond acceptors (Lipinski definition) is 3. The zero-order chi connectivity index (χ0) is 16.5. The van der Waals surface area contributed by atoms with E-state index in [0.29, 0.717) is 12.1 Å². The molecule has 1 aliphatic heterocycles. The summed E-state index contributed by atoms with van der Waals surface area (Å²) >= 11 is 5.70. The van der Waals surface area contributed by atoms with Crippen molar-refractivity contribution in [2.24, 2.45) is 5.73 Å². The van der Waals surface area contributed by atoms with Gasteiger partial charge < -0.3 is 15.4 Å². The number of hydrogen-bond donors (Lipinski definition) is 1. The van der Waals surface area contributed by atoms with Gasteiger partial charge in [0, 0.05) is 6.54 Å². The summed E-state index contributed by atoms with van der Waals surface area (Å²) in [5.74, 6) is -0.503. The summed E-state index contributed by atoms with van der Waals surface area (Å²) in [6.45, 7) is 6.07. The van der Waals surface area contributed by atoms with Crippen molar-refractivity contribution < 1.29 is 13.9 Å². The molecule has 1 heterocycles. The Morgan fingerprint density at radius 3 is 2.77 bits per heavy atom. The fraction of sp³-hybridized carbons (Fsp3) is 0.562. The zero-order valence-corrected chi connectivity index (χ0v) is 13.9. The van der Waals surface area contributed by atoms with Gasteiger partial charge in [-0.3, -0.25) is 0 Å². The average molecular weight is 329 g/mol. The Kier molecular flexibility index (Phi) is 4.97. The quantitative estimate of drug-likeness (QED) is 0.896. The molecule has 22 heavy (non-hydrogen) atoms. The number of benzene rings is 1. The third kappa shape index (κ3) is 3.90. The SMILES string of the molecule is CC(C)(C)OC(=O)N1CCCC1C(N)c1ccc(Cl)c(F)c1. The lowest BCUT2D eigenvalue weighted by molar-refractivity contribution is 0.0206. The molecule has 1 aromatic carbocycles. The fourth-order valence-electron chi connectivity index (χ4n) is 2.65. The molecule has 0 aliphatic carbocycles. The van der Waals surface area contributed by atoms with Crippen LogP contribution in [0.5, 0.6) is 0 Å². The predicted molar refractivity (Wildman–Crippen MR) is 84.3 cm³/mol. The number of halogens is 2. The van der Waals surface area contributed by atoms with Crippen molar-refractivity contribution in [3.05, 3.63) is 34.6 Å². The van der Waals surface area contributed by atoms with Crippen LogP contribution in [0.2, 0.25) is 5.02 Å². The normalized spacial score (nSPS) is 20.1. The van der Waals surface area contributed by atoms with Gasteiger partial charge in [-0.2, -0.15) is 0 Å². The Bertz CT molecular complexity index is 560. The Labute approximate surface area is 135 Å². The van der Waals surface area contributed by atoms with Crippen LogP contribution in [-0.4, -0.2) is 29.2 Å². The van der Waals surface area contributed by atoms with Gasteiger partial charge in [-0.05, 0) is 51.3 Å². The lowest BCUT2D eigenvalue weighted by Gasteiger charge is -2.31. The minimum absolute atomic E-state index is 0.0615. The first-order valence-corrected chi connectivity index (χ1v) is 7.77. The van der Waals surface area contributed by atoms with Gasteiger partial charge in [0.05, 0.1) is 17.1 Å². The number of nitrogens with zero attached hydrogens (tertiary/aromatic N) is 1. The number of carbonyl (C=O) groups excluding carboxylic acids is 1. The molecule has 0 aromatic heterocycles. The molecule has 0 spiro atoms. The molecule has 122 valence electrons. The van der Waals surface area contributed by atoms with E-state index in [0.717, 1.165) is 12.8 Å². The van der Waals surface area contributed by atoms with Crippen LogP contribution < -0.4 is 5.73 Å². The second-order valence-electron chi connectivity index (χ2n) is 6.58. The Morgan fingerprint density at radius 2 is 2.18 bits per heavy atom. The maximum absolute atomic E-state index is 13.6. The molecule has 1 fully saturated rings. The maximum atomic E-state index is 13.6. The van der Waals surface area contributed by atoms with Crippen LogP contribution >= 0.6 is 11.6 Å². The molecular formula is C16H22ClFN2O2. The molecule has 6 heteroatoms. The molecule has 1 amide bonds. The van der Waals surface area contributed by atoms with Gasteiger partial charge in [-0.1, -0.05) is 17.7 Å². The van der Waals surface area contributed by atoms with Gasteiger partial charge >= 0.3 is 6.09 Å². The van der Waals surface area contributed by atoms with Crippen molar-refractivity contribution in [3.63, 3.8) is 0 Å². The summed E-state index contributed by atoms with van der Waals surface area (Å²) in [5.41, 5.74) is 6.32. The third-order valence-electron chi connectivity index (χ3n) is 3.67. The summed E-state index contributed by atoms with van der Waals surface area (Å²) in [7, 11) is 0. The van der Waals surface area contributed by atoms with Crippen molar-refractivity contribution in [1.29, 1.82) is 0 Å². The average Bonchev–Trinajstić information content (AvgIpc) is 2.88. The van der Waals surface area contributed by atoms with Crippen molar-refractivity contribution in [2.75, 3.05) is 6.54 Å². The van der Waals surface area contributed by atoms with Gasteiger partial charge in [-0.15, -0.1) is 0 Å². The van der Waals surface area contributed by atoms with Crippen LogP contribution in [0.15, 0.2) is 18.2 Å². The van der Waals surface area contributed by atoms with Crippen molar-refractivity contribution in [2.45, 2.75) is 51.3 Å². The molecule has 1 aliphatic rings. The molecule has 2 atom stereocenters. The Morgan fingerprint density at radius 1 is 1.50 bits per heavy atom. The minimum atomic E-state index is -0.555. The first-order chi connectivity index (χ1) is 10.2. The van der Waals surface area contributed by atoms with Gasteiger partial charge in [0.1, 0.15) is 11.4 Å². The van der Waals surface area contributed by atoms with E-state index in [1.165, 1.54) is 12.1 Å². The number of ether oxygens (including phenoxy) is 1. The van der Waals surface area contributed by atoms with Crippen molar-refractivity contribution >= 4 is 17.7 Å². The fourth-order valence-corrected chi connectivity index (χ4v) is 2.77. The Balaban J connectivity index is 2.15. The first kappa shape index (κ1) is 17.0. The van der Waals surface area contributed by atoms with Gasteiger partial charge in [0.25, 0.3) is 0 Å². The highest BCUT2D eigenvalue weighted by Crippen LogP contribution is 2.30. The van der Waals surface area contributed by atoms with Crippen LogP contribution in [0, 0.1) is 5.82 Å². The van der Waals surface area contributed by atoms with E-state index >= 15 is 0 Å². The lowest BCUT2D eigenvalue weighted by Crippen LogP contribution is -2.44. The first-order valence-electron chi connectivity index (χ1n) is 7.39. The van der Waals surface area contributed by atoms with Gasteiger partial charge in [0.15, 0.2) is 0 Å². The summed E-state index contributed by atoms with van der Waals surface area (Å²) < 4.78 is 19.0. The van der Waals surface area contributed by atoms with Crippen LogP contribution in [0.3, 0.4) is 0 Å². The summed E-state index contributed by atoms with van der Waals surface area (Å²) in [6.07, 6.45) is 1.25. The lowest BCUT2D eigenvalue weighted by atomic mass is 9.98. The molecule has 2 unspecified atom stereocenters. The molecule has 2 N–H and O–H groups in total. The second-order valence-corrected chi connectivity index (χ2v) is 6.99. The smallest absolute Gasteiger partial charge is 0.410 e. The number of carbonyl (C=O) groups is 1. The second kappa shape index (κ2) is 6.42. The molecule has 1 aromatic rings. The van der Waals surface area contributed by atoms with Gasteiger partial charge in [-0.25, -0.2) is 9.18 Å². The van der Waals surface area contributed by atoms with Crippen LogP contribution in [0.4, 0.5) is 9.18 Å². The van der Waals surface area contributed by atoms with E-state index in [2.05, 4.69) is 0 Å².